The number of nitrogens with zero attached hydrogens (tertiary/aromatic N) is 1. The van der Waals surface area contributed by atoms with Gasteiger partial charge in [-0.05, 0) is 56.0 Å². The highest BCUT2D eigenvalue weighted by atomic mass is 16.5. The number of rotatable bonds is 6. The number of hydrogen-bond donors (Lipinski definition) is 1. The van der Waals surface area contributed by atoms with E-state index < -0.39 is 0 Å². The maximum atomic E-state index is 11.9. The minimum Gasteiger partial charge on any atom is -0.461 e. The number of aromatic amines is 1. The molecule has 2 heterocycles. The number of methoxy groups -OCH3 is 1. The Bertz CT molecular complexity index is 695. The van der Waals surface area contributed by atoms with Crippen molar-refractivity contribution >= 4 is 16.9 Å². The lowest BCUT2D eigenvalue weighted by molar-refractivity contribution is 0.0520. The smallest absolute Gasteiger partial charge is 0.354 e. The number of hydrogen-bond acceptors (Lipinski definition) is 4. The van der Waals surface area contributed by atoms with E-state index in [0.717, 1.165) is 37.1 Å². The molecular weight excluding hydrogens is 304 g/mol. The number of carbonyl (C=O) groups is 1. The first kappa shape index (κ1) is 17.0. The van der Waals surface area contributed by atoms with Crippen LogP contribution < -0.4 is 0 Å². The summed E-state index contributed by atoms with van der Waals surface area (Å²) in [6, 6.07) is 8.35. The lowest BCUT2D eigenvalue weighted by Gasteiger charge is -2.32. The summed E-state index contributed by atoms with van der Waals surface area (Å²) >= 11 is 0. The molecule has 1 saturated heterocycles. The summed E-state index contributed by atoms with van der Waals surface area (Å²) in [5, 5.41) is 1.07. The molecule has 1 fully saturated rings. The summed E-state index contributed by atoms with van der Waals surface area (Å²) in [5.41, 5.74) is 2.85. The molecule has 1 N–H and O–H groups in total. The van der Waals surface area contributed by atoms with Crippen molar-refractivity contribution in [1.29, 1.82) is 0 Å². The van der Waals surface area contributed by atoms with Crippen LogP contribution in [0.15, 0.2) is 24.3 Å². The Morgan fingerprint density at radius 2 is 2.25 bits per heavy atom. The van der Waals surface area contributed by atoms with Gasteiger partial charge in [0.25, 0.3) is 0 Å². The van der Waals surface area contributed by atoms with E-state index in [1.165, 1.54) is 18.4 Å². The van der Waals surface area contributed by atoms with Crippen molar-refractivity contribution in [3.8, 4) is 0 Å². The minimum atomic E-state index is -0.293. The average molecular weight is 330 g/mol. The third-order valence-electron chi connectivity index (χ3n) is 4.73. The van der Waals surface area contributed by atoms with Crippen LogP contribution >= 0.6 is 0 Å². The van der Waals surface area contributed by atoms with Gasteiger partial charge in [-0.25, -0.2) is 4.79 Å². The van der Waals surface area contributed by atoms with Gasteiger partial charge in [0.1, 0.15) is 5.69 Å². The van der Waals surface area contributed by atoms with Crippen molar-refractivity contribution in [3.05, 3.63) is 35.5 Å². The van der Waals surface area contributed by atoms with Crippen LogP contribution in [-0.2, 0) is 9.47 Å². The van der Waals surface area contributed by atoms with Gasteiger partial charge < -0.3 is 19.4 Å². The Balaban J connectivity index is 1.76. The summed E-state index contributed by atoms with van der Waals surface area (Å²) in [6.45, 7) is 6.21. The van der Waals surface area contributed by atoms with Crippen molar-refractivity contribution in [2.45, 2.75) is 25.7 Å². The molecule has 1 unspecified atom stereocenters. The highest BCUT2D eigenvalue weighted by Gasteiger charge is 2.21. The van der Waals surface area contributed by atoms with Crippen molar-refractivity contribution in [2.24, 2.45) is 0 Å². The molecule has 0 saturated carbocycles. The second kappa shape index (κ2) is 7.81. The largest absolute Gasteiger partial charge is 0.461 e. The molecule has 1 aromatic carbocycles. The maximum absolute atomic E-state index is 11.9. The van der Waals surface area contributed by atoms with Gasteiger partial charge in [-0.1, -0.05) is 6.07 Å². The number of H-pyrrole nitrogens is 1. The number of carbonyl (C=O) groups excluding carboxylic acids is 1. The highest BCUT2D eigenvalue weighted by molar-refractivity contribution is 5.95. The van der Waals surface area contributed by atoms with E-state index in [-0.39, 0.29) is 5.97 Å². The molecule has 0 amide bonds. The standard InChI is InChI=1S/C19H26N2O3/c1-3-24-19(22)18-12-16-11-14(6-7-17(16)20-18)15-5-4-8-21(13-15)9-10-23-2/h6-7,11-12,15,20H,3-5,8-10,13H2,1-2H3. The van der Waals surface area contributed by atoms with Crippen molar-refractivity contribution < 1.29 is 14.3 Å². The topological polar surface area (TPSA) is 54.6 Å². The van der Waals surface area contributed by atoms with E-state index in [9.17, 15) is 4.79 Å². The Labute approximate surface area is 142 Å². The number of nitrogens with one attached hydrogen (secondary N) is 1. The van der Waals surface area contributed by atoms with Crippen molar-refractivity contribution in [3.63, 3.8) is 0 Å². The van der Waals surface area contributed by atoms with Crippen LogP contribution in [0.3, 0.4) is 0 Å². The van der Waals surface area contributed by atoms with Crippen LogP contribution in [0.1, 0.15) is 41.7 Å². The molecule has 1 aliphatic heterocycles. The number of piperidine rings is 1. The van der Waals surface area contributed by atoms with Crippen LogP contribution in [0.5, 0.6) is 0 Å². The van der Waals surface area contributed by atoms with Crippen LogP contribution in [0.2, 0.25) is 0 Å². The molecule has 3 rings (SSSR count). The van der Waals surface area contributed by atoms with Gasteiger partial charge in [0.2, 0.25) is 0 Å². The molecule has 5 nitrogen and oxygen atoms in total. The van der Waals surface area contributed by atoms with Crippen LogP contribution in [0, 0.1) is 0 Å². The Hall–Kier alpha value is -1.85. The van der Waals surface area contributed by atoms with E-state index >= 15 is 0 Å². The fraction of sp³-hybridized carbons (Fsp3) is 0.526. The summed E-state index contributed by atoms with van der Waals surface area (Å²) in [4.78, 5) is 17.5. The number of benzene rings is 1. The molecule has 0 bridgehead atoms. The molecule has 2 aromatic rings. The highest BCUT2D eigenvalue weighted by Crippen LogP contribution is 2.29. The first-order chi connectivity index (χ1) is 11.7. The molecule has 0 spiro atoms. The number of fused-ring (bicyclic) bond motifs is 1. The van der Waals surface area contributed by atoms with Gasteiger partial charge >= 0.3 is 5.97 Å². The fourth-order valence-electron chi connectivity index (χ4n) is 3.47. The maximum Gasteiger partial charge on any atom is 0.354 e. The molecule has 1 atom stereocenters. The molecule has 24 heavy (non-hydrogen) atoms. The summed E-state index contributed by atoms with van der Waals surface area (Å²) in [7, 11) is 1.75. The van der Waals surface area contributed by atoms with Gasteiger partial charge in [-0.15, -0.1) is 0 Å². The SMILES string of the molecule is CCOC(=O)c1cc2cc(C3CCCN(CCOC)C3)ccc2[nH]1. The Morgan fingerprint density at radius 1 is 1.38 bits per heavy atom. The van der Waals surface area contributed by atoms with E-state index in [0.29, 0.717) is 18.2 Å². The molecule has 0 aliphatic carbocycles. The lowest BCUT2D eigenvalue weighted by atomic mass is 9.90. The predicted molar refractivity (Wildman–Crippen MR) is 94.5 cm³/mol. The first-order valence-electron chi connectivity index (χ1n) is 8.72. The molecular formula is C19H26N2O3. The third kappa shape index (κ3) is 3.79. The molecule has 130 valence electrons. The molecule has 5 heteroatoms. The number of esters is 1. The summed E-state index contributed by atoms with van der Waals surface area (Å²) < 4.78 is 10.3. The zero-order valence-corrected chi connectivity index (χ0v) is 14.5. The number of aromatic nitrogens is 1. The van der Waals surface area contributed by atoms with Crippen molar-refractivity contribution in [2.75, 3.05) is 40.0 Å². The van der Waals surface area contributed by atoms with Gasteiger partial charge in [-0.3, -0.25) is 0 Å². The summed E-state index contributed by atoms with van der Waals surface area (Å²) in [5.74, 6) is 0.250. The predicted octanol–water partition coefficient (Wildman–Crippen LogP) is 3.17. The normalized spacial score (nSPS) is 18.8. The fourth-order valence-corrected chi connectivity index (χ4v) is 3.47. The second-order valence-electron chi connectivity index (χ2n) is 6.38. The van der Waals surface area contributed by atoms with Gasteiger partial charge in [-0.2, -0.15) is 0 Å². The zero-order valence-electron chi connectivity index (χ0n) is 14.5. The monoisotopic (exact) mass is 330 g/mol. The minimum absolute atomic E-state index is 0.293. The zero-order chi connectivity index (χ0) is 16.9. The lowest BCUT2D eigenvalue weighted by Crippen LogP contribution is -2.36. The second-order valence-corrected chi connectivity index (χ2v) is 6.38. The van der Waals surface area contributed by atoms with Gasteiger partial charge in [0.15, 0.2) is 0 Å². The quantitative estimate of drug-likeness (QED) is 0.827. The van der Waals surface area contributed by atoms with Crippen LogP contribution in [-0.4, -0.2) is 55.8 Å². The van der Waals surface area contributed by atoms with Crippen LogP contribution in [0.25, 0.3) is 10.9 Å². The molecule has 1 aromatic heterocycles. The number of likely N-dealkylation sites (tertiary alicyclic amines) is 1. The molecule has 0 radical (unpaired) electrons. The third-order valence-corrected chi connectivity index (χ3v) is 4.73. The van der Waals surface area contributed by atoms with E-state index in [1.54, 1.807) is 7.11 Å². The van der Waals surface area contributed by atoms with Gasteiger partial charge in [0.05, 0.1) is 13.2 Å². The van der Waals surface area contributed by atoms with Crippen molar-refractivity contribution in [1.82, 2.24) is 9.88 Å². The van der Waals surface area contributed by atoms with E-state index in [2.05, 4.69) is 28.1 Å². The van der Waals surface area contributed by atoms with E-state index in [4.69, 9.17) is 9.47 Å². The van der Waals surface area contributed by atoms with Gasteiger partial charge in [0, 0.05) is 31.1 Å². The van der Waals surface area contributed by atoms with E-state index in [1.807, 2.05) is 13.0 Å². The van der Waals surface area contributed by atoms with Crippen LogP contribution in [0.4, 0.5) is 0 Å². The number of ether oxygens (including phenoxy) is 2. The first-order valence-corrected chi connectivity index (χ1v) is 8.72. The Kier molecular flexibility index (Phi) is 5.53. The Morgan fingerprint density at radius 3 is 3.04 bits per heavy atom. The average Bonchev–Trinajstić information content (AvgIpc) is 3.04. The molecule has 1 aliphatic rings. The summed E-state index contributed by atoms with van der Waals surface area (Å²) in [6.07, 6.45) is 2.43.